The molecule has 9 nitrogen and oxygen atoms in total. The zero-order chi connectivity index (χ0) is 22.5. The van der Waals surface area contributed by atoms with Crippen molar-refractivity contribution in [1.82, 2.24) is 25.0 Å². The summed E-state index contributed by atoms with van der Waals surface area (Å²) >= 11 is 0. The van der Waals surface area contributed by atoms with Crippen LogP contribution in [0.2, 0.25) is 0 Å². The lowest BCUT2D eigenvalue weighted by Crippen LogP contribution is -2.48. The minimum absolute atomic E-state index is 0.162. The van der Waals surface area contributed by atoms with Crippen molar-refractivity contribution in [1.29, 1.82) is 0 Å². The van der Waals surface area contributed by atoms with Gasteiger partial charge < -0.3 is 23.9 Å². The maximum Gasteiger partial charge on any atom is 0.318 e. The third kappa shape index (κ3) is 4.99. The van der Waals surface area contributed by atoms with Crippen molar-refractivity contribution in [3.63, 3.8) is 0 Å². The van der Waals surface area contributed by atoms with Gasteiger partial charge in [-0.05, 0) is 11.6 Å². The molecule has 1 unspecified atom stereocenters. The number of alkyl halides is 2. The van der Waals surface area contributed by atoms with Crippen molar-refractivity contribution in [2.75, 3.05) is 26.3 Å². The van der Waals surface area contributed by atoms with E-state index in [4.69, 9.17) is 9.15 Å². The van der Waals surface area contributed by atoms with Gasteiger partial charge in [0.2, 0.25) is 5.89 Å². The number of nitrogens with one attached hydrogen (secondary N) is 1. The number of halogens is 2. The number of morpholine rings is 1. The lowest BCUT2D eigenvalue weighted by atomic mass is 10.1. The molecule has 3 heterocycles. The fourth-order valence-corrected chi connectivity index (χ4v) is 3.35. The highest BCUT2D eigenvalue weighted by Crippen LogP contribution is 2.22. The molecule has 168 valence electrons. The van der Waals surface area contributed by atoms with E-state index in [1.807, 2.05) is 30.3 Å². The van der Waals surface area contributed by atoms with Crippen molar-refractivity contribution >= 4 is 6.03 Å². The lowest BCUT2D eigenvalue weighted by Gasteiger charge is -2.29. The summed E-state index contributed by atoms with van der Waals surface area (Å²) in [7, 11) is 0. The van der Waals surface area contributed by atoms with Crippen LogP contribution < -0.4 is 10.9 Å². The molecule has 4 rings (SSSR count). The first kappa shape index (κ1) is 21.6. The number of urea groups is 1. The molecule has 2 aromatic heterocycles. The van der Waals surface area contributed by atoms with E-state index in [0.29, 0.717) is 26.3 Å². The Morgan fingerprint density at radius 3 is 2.53 bits per heavy atom. The standard InChI is InChI=1S/C21H21F2N5O4/c22-18(23)20-26-25-19(32-20)15-6-7-28(17(29)12-15)13-16(14-4-2-1-3-5-14)24-21(30)27-8-10-31-11-9-27/h1-7,12,16,18H,8-11,13H2,(H,24,30). The highest BCUT2D eigenvalue weighted by atomic mass is 19.3. The first-order valence-electron chi connectivity index (χ1n) is 10.0. The Labute approximate surface area is 181 Å². The summed E-state index contributed by atoms with van der Waals surface area (Å²) < 4.78 is 37.0. The van der Waals surface area contributed by atoms with E-state index in [9.17, 15) is 18.4 Å². The highest BCUT2D eigenvalue weighted by molar-refractivity contribution is 5.74. The van der Waals surface area contributed by atoms with Gasteiger partial charge in [-0.2, -0.15) is 8.78 Å². The number of aromatic nitrogens is 3. The first-order valence-corrected chi connectivity index (χ1v) is 10.0. The molecular formula is C21H21F2N5O4. The Bertz CT molecular complexity index is 1110. The fraction of sp³-hybridized carbons (Fsp3) is 0.333. The van der Waals surface area contributed by atoms with Gasteiger partial charge in [0, 0.05) is 30.9 Å². The highest BCUT2D eigenvalue weighted by Gasteiger charge is 2.22. The molecule has 1 aliphatic heterocycles. The number of nitrogens with zero attached hydrogens (tertiary/aromatic N) is 4. The van der Waals surface area contributed by atoms with E-state index in [1.54, 1.807) is 4.90 Å². The zero-order valence-electron chi connectivity index (χ0n) is 17.0. The molecule has 0 radical (unpaired) electrons. The topological polar surface area (TPSA) is 102 Å². The summed E-state index contributed by atoms with van der Waals surface area (Å²) in [5.41, 5.74) is 0.670. The molecule has 0 saturated carbocycles. The van der Waals surface area contributed by atoms with Gasteiger partial charge >= 0.3 is 12.5 Å². The van der Waals surface area contributed by atoms with Crippen LogP contribution in [-0.4, -0.2) is 52.0 Å². The van der Waals surface area contributed by atoms with Crippen LogP contribution in [-0.2, 0) is 11.3 Å². The number of rotatable bonds is 6. The Morgan fingerprint density at radius 1 is 1.12 bits per heavy atom. The number of carbonyl (C=O) groups is 1. The summed E-state index contributed by atoms with van der Waals surface area (Å²) in [6.07, 6.45) is -1.39. The largest absolute Gasteiger partial charge is 0.415 e. The molecule has 1 N–H and O–H groups in total. The third-order valence-electron chi connectivity index (χ3n) is 5.05. The summed E-state index contributed by atoms with van der Waals surface area (Å²) in [5, 5.41) is 9.82. The molecule has 11 heteroatoms. The number of hydrogen-bond acceptors (Lipinski definition) is 6. The summed E-state index contributed by atoms with van der Waals surface area (Å²) in [6, 6.07) is 11.4. The van der Waals surface area contributed by atoms with Crippen molar-refractivity contribution in [2.24, 2.45) is 0 Å². The number of hydrogen-bond donors (Lipinski definition) is 1. The Balaban J connectivity index is 1.54. The van der Waals surface area contributed by atoms with E-state index in [2.05, 4.69) is 15.5 Å². The Morgan fingerprint density at radius 2 is 1.88 bits per heavy atom. The first-order chi connectivity index (χ1) is 15.5. The summed E-state index contributed by atoms with van der Waals surface area (Å²) in [5.74, 6) is -0.969. The minimum atomic E-state index is -2.89. The fourth-order valence-electron chi connectivity index (χ4n) is 3.35. The van der Waals surface area contributed by atoms with Crippen molar-refractivity contribution in [3.8, 4) is 11.5 Å². The Hall–Kier alpha value is -3.60. The molecule has 1 aliphatic rings. The van der Waals surface area contributed by atoms with Crippen LogP contribution in [0.1, 0.15) is 23.9 Å². The van der Waals surface area contributed by atoms with Gasteiger partial charge in [-0.15, -0.1) is 10.2 Å². The second kappa shape index (κ2) is 9.69. The smallest absolute Gasteiger partial charge is 0.318 e. The quantitative estimate of drug-likeness (QED) is 0.626. The van der Waals surface area contributed by atoms with Crippen LogP contribution in [0.3, 0.4) is 0 Å². The molecular weight excluding hydrogens is 424 g/mol. The number of ether oxygens (including phenoxy) is 1. The average Bonchev–Trinajstić information content (AvgIpc) is 3.32. The minimum Gasteiger partial charge on any atom is -0.415 e. The van der Waals surface area contributed by atoms with E-state index in [1.165, 1.54) is 22.9 Å². The maximum absolute atomic E-state index is 12.7. The number of pyridine rings is 1. The lowest BCUT2D eigenvalue weighted by molar-refractivity contribution is 0.0523. The molecule has 0 spiro atoms. The van der Waals surface area contributed by atoms with Crippen LogP contribution >= 0.6 is 0 Å². The van der Waals surface area contributed by atoms with Gasteiger partial charge in [0.15, 0.2) is 0 Å². The van der Waals surface area contributed by atoms with Gasteiger partial charge in [0.05, 0.1) is 25.8 Å². The molecule has 1 saturated heterocycles. The molecule has 1 fully saturated rings. The zero-order valence-corrected chi connectivity index (χ0v) is 17.0. The summed E-state index contributed by atoms with van der Waals surface area (Å²) in [6.45, 7) is 2.12. The monoisotopic (exact) mass is 445 g/mol. The van der Waals surface area contributed by atoms with Crippen molar-refractivity contribution in [2.45, 2.75) is 19.0 Å². The Kier molecular flexibility index (Phi) is 6.55. The average molecular weight is 445 g/mol. The number of carbonyl (C=O) groups excluding carboxylic acids is 1. The molecule has 3 aromatic rings. The predicted molar refractivity (Wildman–Crippen MR) is 109 cm³/mol. The van der Waals surface area contributed by atoms with Gasteiger partial charge in [0.25, 0.3) is 11.4 Å². The van der Waals surface area contributed by atoms with E-state index in [-0.39, 0.29) is 24.0 Å². The molecule has 2 amide bonds. The molecule has 32 heavy (non-hydrogen) atoms. The normalized spacial score (nSPS) is 15.0. The van der Waals surface area contributed by atoms with Gasteiger partial charge in [-0.25, -0.2) is 4.79 Å². The van der Waals surface area contributed by atoms with Gasteiger partial charge in [-0.1, -0.05) is 30.3 Å². The van der Waals surface area contributed by atoms with Gasteiger partial charge in [0.1, 0.15) is 0 Å². The molecule has 1 aromatic carbocycles. The van der Waals surface area contributed by atoms with E-state index >= 15 is 0 Å². The number of amides is 2. The van der Waals surface area contributed by atoms with Gasteiger partial charge in [-0.3, -0.25) is 4.79 Å². The molecule has 0 bridgehead atoms. The van der Waals surface area contributed by atoms with Crippen molar-refractivity contribution < 1.29 is 22.7 Å². The number of benzene rings is 1. The second-order valence-corrected chi connectivity index (χ2v) is 7.16. The van der Waals surface area contributed by atoms with E-state index < -0.39 is 23.9 Å². The SMILES string of the molecule is O=C(NC(Cn1ccc(-c2nnc(C(F)F)o2)cc1=O)c1ccccc1)N1CCOCC1. The van der Waals surface area contributed by atoms with Crippen LogP contribution in [0.5, 0.6) is 0 Å². The van der Waals surface area contributed by atoms with Crippen LogP contribution in [0, 0.1) is 0 Å². The molecule has 1 atom stereocenters. The van der Waals surface area contributed by atoms with E-state index in [0.717, 1.165) is 5.56 Å². The van der Waals surface area contributed by atoms with Crippen molar-refractivity contribution in [3.05, 3.63) is 70.5 Å². The van der Waals surface area contributed by atoms with Crippen LogP contribution in [0.15, 0.2) is 57.9 Å². The van der Waals surface area contributed by atoms with Crippen LogP contribution in [0.25, 0.3) is 11.5 Å². The second-order valence-electron chi connectivity index (χ2n) is 7.16. The van der Waals surface area contributed by atoms with Crippen LogP contribution in [0.4, 0.5) is 13.6 Å². The molecule has 0 aliphatic carbocycles. The predicted octanol–water partition coefficient (Wildman–Crippen LogP) is 2.62. The summed E-state index contributed by atoms with van der Waals surface area (Å²) in [4.78, 5) is 27.1. The maximum atomic E-state index is 12.7. The third-order valence-corrected chi connectivity index (χ3v) is 5.05.